The summed E-state index contributed by atoms with van der Waals surface area (Å²) < 4.78 is 159. The Morgan fingerprint density at radius 1 is 0.500 bits per heavy atom. The van der Waals surface area contributed by atoms with Gasteiger partial charge in [0.2, 0.25) is 0 Å². The minimum atomic E-state index is -4.87. The van der Waals surface area contributed by atoms with Crippen LogP contribution in [0.4, 0.5) is 52.7 Å². The Labute approximate surface area is 418 Å². The fourth-order valence-corrected chi connectivity index (χ4v) is 9.74. The van der Waals surface area contributed by atoms with Gasteiger partial charge in [0.1, 0.15) is 0 Å². The predicted octanol–water partition coefficient (Wildman–Crippen LogP) is 17.9. The fourth-order valence-electron chi connectivity index (χ4n) is 8.43. The van der Waals surface area contributed by atoms with Gasteiger partial charge in [-0.3, -0.25) is 0 Å². The van der Waals surface area contributed by atoms with Crippen LogP contribution in [0, 0.1) is 19.9 Å². The van der Waals surface area contributed by atoms with Crippen molar-refractivity contribution in [3.63, 3.8) is 0 Å². The normalized spacial score (nSPS) is 12.5. The van der Waals surface area contributed by atoms with Crippen LogP contribution >= 0.6 is 17.0 Å². The smallest absolute Gasteiger partial charge is 0.0920 e. The number of rotatable bonds is 4. The van der Waals surface area contributed by atoms with Crippen LogP contribution in [-0.4, -0.2) is 9.52 Å². The number of hydrogen-bond acceptors (Lipinski definition) is 0. The average molecular weight is 1110 g/mol. The Kier molecular flexibility index (Phi) is 16.9. The summed E-state index contributed by atoms with van der Waals surface area (Å²) in [6, 6.07) is 36.3. The van der Waals surface area contributed by atoms with Gasteiger partial charge in [-0.2, -0.15) is 94.3 Å². The molecule has 70 heavy (non-hydrogen) atoms. The summed E-state index contributed by atoms with van der Waals surface area (Å²) in [7, 11) is 10.7. The Bertz CT molecular complexity index is 2850. The van der Waals surface area contributed by atoms with Gasteiger partial charge in [-0.15, -0.1) is 74.6 Å². The van der Waals surface area contributed by atoms with Gasteiger partial charge in [0.25, 0.3) is 0 Å². The standard InChI is InChI=1S/2C21H17F6.C12H7Si.2ClH.Zr/c2*1-11(2)17-5-4-13-6-12(3)7-18(13)19(17)14-8-15(20(22,23)24)10-16(9-14)21(25,26)27;1-3-7-11-9(5-1)10-6-2-4-8-12(10)13-11;;;/h2*4-11H,1-3H3;1-7H;2*1H;/q3*-1;;;+2/p-2. The van der Waals surface area contributed by atoms with Gasteiger partial charge in [0.15, 0.2) is 0 Å². The molecule has 9 rings (SSSR count). The summed E-state index contributed by atoms with van der Waals surface area (Å²) in [5.74, 6) is -0.132. The van der Waals surface area contributed by atoms with Crippen LogP contribution < -0.4 is 10.4 Å². The maximum Gasteiger partial charge on any atom is 0.0920 e. The van der Waals surface area contributed by atoms with Crippen molar-refractivity contribution in [3.05, 3.63) is 178 Å². The molecular weight excluding hydrogens is 1070 g/mol. The van der Waals surface area contributed by atoms with Gasteiger partial charge in [0.05, 0.1) is 31.8 Å². The summed E-state index contributed by atoms with van der Waals surface area (Å²) in [5, 5.41) is 5.72. The van der Waals surface area contributed by atoms with Crippen LogP contribution in [0.1, 0.15) is 84.0 Å². The molecule has 0 nitrogen and oxygen atoms in total. The van der Waals surface area contributed by atoms with Crippen LogP contribution in [0.15, 0.2) is 127 Å². The van der Waals surface area contributed by atoms with E-state index < -0.39 is 67.8 Å². The number of alkyl halides is 12. The third-order valence-electron chi connectivity index (χ3n) is 11.5. The third-order valence-corrected chi connectivity index (χ3v) is 12.8. The molecule has 0 aromatic heterocycles. The van der Waals surface area contributed by atoms with E-state index in [0.29, 0.717) is 33.0 Å². The summed E-state index contributed by atoms with van der Waals surface area (Å²) >= 11 is -0.826. The van der Waals surface area contributed by atoms with Gasteiger partial charge < -0.3 is 0 Å². The summed E-state index contributed by atoms with van der Waals surface area (Å²) in [6.45, 7) is 11.1. The average Bonchev–Trinajstić information content (AvgIpc) is 3.97. The second kappa shape index (κ2) is 21.6. The largest absolute Gasteiger partial charge is 0.184 e. The van der Waals surface area contributed by atoms with E-state index in [9.17, 15) is 52.7 Å². The number of aryl methyl sites for hydroxylation is 2. The fraction of sp³-hybridized carbons (Fsp3) is 0.222. The zero-order valence-corrected chi connectivity index (χ0v) is 43.0. The molecule has 0 N–H and O–H groups in total. The number of fused-ring (bicyclic) bond motifs is 5. The molecule has 366 valence electrons. The van der Waals surface area contributed by atoms with Crippen LogP contribution in [0.2, 0.25) is 0 Å². The van der Waals surface area contributed by atoms with Crippen molar-refractivity contribution in [3.8, 4) is 33.4 Å². The molecule has 2 radical (unpaired) electrons. The molecule has 0 unspecified atom stereocenters. The number of hydrogen-bond donors (Lipinski definition) is 0. The molecule has 0 amide bonds. The molecular formula is C54H41Cl2F12SiZr-3. The summed E-state index contributed by atoms with van der Waals surface area (Å²) in [6.07, 6.45) is -19.5. The van der Waals surface area contributed by atoms with Gasteiger partial charge in [-0.1, -0.05) is 98.8 Å². The molecule has 1 aliphatic heterocycles. The quantitative estimate of drug-likeness (QED) is 0.0936. The van der Waals surface area contributed by atoms with Gasteiger partial charge in [-0.05, 0) is 59.4 Å². The molecule has 1 heterocycles. The zero-order valence-electron chi connectivity index (χ0n) is 38.1. The van der Waals surface area contributed by atoms with E-state index in [-0.39, 0.29) is 35.1 Å². The second-order valence-electron chi connectivity index (χ2n) is 17.2. The van der Waals surface area contributed by atoms with E-state index in [1.165, 1.54) is 21.5 Å². The number of benzene rings is 6. The van der Waals surface area contributed by atoms with Gasteiger partial charge in [0, 0.05) is 0 Å². The van der Waals surface area contributed by atoms with Crippen molar-refractivity contribution in [2.75, 3.05) is 0 Å². The maximum atomic E-state index is 13.3. The monoisotopic (exact) mass is 1110 g/mol. The Morgan fingerprint density at radius 2 is 0.871 bits per heavy atom. The Hall–Kier alpha value is -4.62. The predicted molar refractivity (Wildman–Crippen MR) is 255 cm³/mol. The minimum absolute atomic E-state index is 0.0662. The SMILES string of the molecule is Cc1cc2c(-c3cc(C(F)(F)F)cc(C(F)(F)F)c3)c(C(C)C)ccc2[cH-]1.Cc1cc2c(-c3cc(C(F)(F)F)cc(C(F)(F)F)c3)c(C(C)C)ccc2[cH-]1.[Cl][Zr][Cl].[c-]1cccc2c1[Si]c1ccccc1-2. The van der Waals surface area contributed by atoms with E-state index in [1.54, 1.807) is 24.3 Å². The van der Waals surface area contributed by atoms with Gasteiger partial charge >= 0.3 is 62.6 Å². The number of halogens is 14. The molecule has 0 saturated heterocycles. The van der Waals surface area contributed by atoms with E-state index in [4.69, 9.17) is 17.0 Å². The first-order valence-electron chi connectivity index (χ1n) is 21.4. The van der Waals surface area contributed by atoms with Crippen molar-refractivity contribution in [2.24, 2.45) is 0 Å². The van der Waals surface area contributed by atoms with Crippen LogP contribution in [0.25, 0.3) is 54.9 Å². The topological polar surface area (TPSA) is 0 Å². The van der Waals surface area contributed by atoms with E-state index in [2.05, 4.69) is 42.5 Å². The molecule has 0 spiro atoms. The first-order valence-corrected chi connectivity index (χ1v) is 28.8. The van der Waals surface area contributed by atoms with E-state index >= 15 is 0 Å². The Balaban J connectivity index is 0.000000176. The van der Waals surface area contributed by atoms with E-state index in [0.717, 1.165) is 55.7 Å². The van der Waals surface area contributed by atoms with Crippen LogP contribution in [0.3, 0.4) is 0 Å². The van der Waals surface area contributed by atoms with Crippen molar-refractivity contribution in [1.29, 1.82) is 0 Å². The van der Waals surface area contributed by atoms with Crippen LogP contribution in [0.5, 0.6) is 0 Å². The molecule has 1 aliphatic rings. The third kappa shape index (κ3) is 12.7. The first kappa shape index (κ1) is 54.7. The molecule has 16 heteroatoms. The van der Waals surface area contributed by atoms with Crippen molar-refractivity contribution in [2.45, 2.75) is 78.1 Å². The summed E-state index contributed by atoms with van der Waals surface area (Å²) in [4.78, 5) is 0. The van der Waals surface area contributed by atoms with Crippen molar-refractivity contribution >= 4 is 58.5 Å². The molecule has 8 aromatic carbocycles. The second-order valence-corrected chi connectivity index (χ2v) is 22.3. The van der Waals surface area contributed by atoms with Crippen molar-refractivity contribution < 1.29 is 73.5 Å². The summed E-state index contributed by atoms with van der Waals surface area (Å²) in [5.41, 5.74) is 1.47. The molecule has 0 saturated carbocycles. The first-order chi connectivity index (χ1) is 32.6. The zero-order chi connectivity index (χ0) is 51.7. The molecule has 0 bridgehead atoms. The molecule has 0 atom stereocenters. The molecule has 8 aromatic rings. The molecule has 0 fully saturated rings. The van der Waals surface area contributed by atoms with Crippen molar-refractivity contribution in [1.82, 2.24) is 0 Å². The minimum Gasteiger partial charge on any atom is -0.184 e. The van der Waals surface area contributed by atoms with Crippen LogP contribution in [-0.2, 0) is 45.6 Å². The molecule has 0 aliphatic carbocycles. The Morgan fingerprint density at radius 3 is 1.24 bits per heavy atom. The maximum absolute atomic E-state index is 13.3. The van der Waals surface area contributed by atoms with E-state index in [1.807, 2.05) is 71.9 Å². The van der Waals surface area contributed by atoms with Gasteiger partial charge in [-0.25, -0.2) is 0 Å².